The molecule has 1 aliphatic heterocycles. The second-order valence-corrected chi connectivity index (χ2v) is 6.97. The molecule has 6 nitrogen and oxygen atoms in total. The van der Waals surface area contributed by atoms with E-state index in [1.807, 2.05) is 44.4 Å². The Hall–Kier alpha value is -3.12. The van der Waals surface area contributed by atoms with E-state index in [4.69, 9.17) is 14.7 Å². The van der Waals surface area contributed by atoms with E-state index < -0.39 is 0 Å². The number of anilines is 4. The molecule has 2 heterocycles. The number of morpholine rings is 1. The minimum absolute atomic E-state index is 0.598. The average Bonchev–Trinajstić information content (AvgIpc) is 2.75. The number of nitrogens with zero attached hydrogens (tertiary/aromatic N) is 4. The Balaban J connectivity index is 1.66. The second kappa shape index (κ2) is 8.27. The number of aromatic nitrogens is 2. The van der Waals surface area contributed by atoms with Crippen molar-refractivity contribution in [3.8, 4) is 11.3 Å². The molecule has 2 aromatic carbocycles. The van der Waals surface area contributed by atoms with Crippen molar-refractivity contribution in [2.24, 2.45) is 0 Å². The van der Waals surface area contributed by atoms with Crippen LogP contribution in [-0.4, -0.2) is 50.4 Å². The van der Waals surface area contributed by atoms with Gasteiger partial charge in [0.1, 0.15) is 5.82 Å². The monoisotopic (exact) mass is 375 g/mol. The number of ether oxygens (including phenoxy) is 1. The van der Waals surface area contributed by atoms with Gasteiger partial charge < -0.3 is 19.9 Å². The van der Waals surface area contributed by atoms with Crippen LogP contribution in [0.2, 0.25) is 0 Å². The maximum absolute atomic E-state index is 5.49. The summed E-state index contributed by atoms with van der Waals surface area (Å²) in [6, 6.07) is 20.5. The molecule has 1 aromatic heterocycles. The van der Waals surface area contributed by atoms with Crippen LogP contribution in [0, 0.1) is 0 Å². The summed E-state index contributed by atoms with van der Waals surface area (Å²) < 4.78 is 5.49. The second-order valence-electron chi connectivity index (χ2n) is 6.97. The van der Waals surface area contributed by atoms with Gasteiger partial charge in [0.25, 0.3) is 0 Å². The first-order valence-electron chi connectivity index (χ1n) is 9.51. The van der Waals surface area contributed by atoms with Crippen molar-refractivity contribution in [1.82, 2.24) is 9.97 Å². The van der Waals surface area contributed by atoms with Crippen LogP contribution in [0.1, 0.15) is 0 Å². The fourth-order valence-electron chi connectivity index (χ4n) is 3.17. The van der Waals surface area contributed by atoms with Gasteiger partial charge in [0.15, 0.2) is 0 Å². The molecule has 0 bridgehead atoms. The van der Waals surface area contributed by atoms with Gasteiger partial charge in [-0.2, -0.15) is 4.98 Å². The normalized spacial score (nSPS) is 14.0. The summed E-state index contributed by atoms with van der Waals surface area (Å²) in [7, 11) is 4.06. The Bertz CT molecular complexity index is 906. The Morgan fingerprint density at radius 3 is 2.32 bits per heavy atom. The van der Waals surface area contributed by atoms with Gasteiger partial charge in [0.05, 0.1) is 18.9 Å². The SMILES string of the molecule is CN(C)c1ccc(Nc2nc(-c3ccccc3)cc(N3CCOCC3)n2)cc1. The summed E-state index contributed by atoms with van der Waals surface area (Å²) in [6.45, 7) is 3.11. The molecule has 28 heavy (non-hydrogen) atoms. The molecule has 0 atom stereocenters. The lowest BCUT2D eigenvalue weighted by molar-refractivity contribution is 0.122. The minimum atomic E-state index is 0.598. The van der Waals surface area contributed by atoms with Crippen molar-refractivity contribution in [2.45, 2.75) is 0 Å². The van der Waals surface area contributed by atoms with Crippen molar-refractivity contribution in [1.29, 1.82) is 0 Å². The number of hydrogen-bond donors (Lipinski definition) is 1. The number of benzene rings is 2. The van der Waals surface area contributed by atoms with Gasteiger partial charge in [0, 0.05) is 50.2 Å². The van der Waals surface area contributed by atoms with E-state index >= 15 is 0 Å². The molecule has 144 valence electrons. The smallest absolute Gasteiger partial charge is 0.229 e. The first kappa shape index (κ1) is 18.3. The van der Waals surface area contributed by atoms with Crippen LogP contribution in [0.4, 0.5) is 23.1 Å². The van der Waals surface area contributed by atoms with Crippen LogP contribution >= 0.6 is 0 Å². The molecule has 1 saturated heterocycles. The molecule has 4 rings (SSSR count). The van der Waals surface area contributed by atoms with Gasteiger partial charge in [-0.3, -0.25) is 0 Å². The molecular weight excluding hydrogens is 350 g/mol. The maximum atomic E-state index is 5.49. The largest absolute Gasteiger partial charge is 0.378 e. The molecule has 0 amide bonds. The zero-order valence-electron chi connectivity index (χ0n) is 16.3. The molecule has 1 fully saturated rings. The number of nitrogens with one attached hydrogen (secondary N) is 1. The summed E-state index contributed by atoms with van der Waals surface area (Å²) in [5, 5.41) is 3.36. The Morgan fingerprint density at radius 2 is 1.64 bits per heavy atom. The lowest BCUT2D eigenvalue weighted by Crippen LogP contribution is -2.36. The molecule has 0 unspecified atom stereocenters. The highest BCUT2D eigenvalue weighted by atomic mass is 16.5. The van der Waals surface area contributed by atoms with Crippen molar-refractivity contribution < 1.29 is 4.74 Å². The van der Waals surface area contributed by atoms with Gasteiger partial charge in [0.2, 0.25) is 5.95 Å². The molecule has 0 aliphatic carbocycles. The molecule has 0 radical (unpaired) electrons. The zero-order chi connectivity index (χ0) is 19.3. The van der Waals surface area contributed by atoms with Crippen LogP contribution in [-0.2, 0) is 4.74 Å². The quantitative estimate of drug-likeness (QED) is 0.732. The van der Waals surface area contributed by atoms with E-state index in [0.29, 0.717) is 5.95 Å². The molecular formula is C22H25N5O. The highest BCUT2D eigenvalue weighted by molar-refractivity contribution is 5.67. The standard InChI is InChI=1S/C22H25N5O/c1-26(2)19-10-8-18(9-11-19)23-22-24-20(17-6-4-3-5-7-17)16-21(25-22)27-12-14-28-15-13-27/h3-11,16H,12-15H2,1-2H3,(H,23,24,25). The van der Waals surface area contributed by atoms with E-state index in [2.05, 4.69) is 45.4 Å². The summed E-state index contributed by atoms with van der Waals surface area (Å²) in [6.07, 6.45) is 0. The molecule has 1 aliphatic rings. The molecule has 6 heteroatoms. The summed E-state index contributed by atoms with van der Waals surface area (Å²) >= 11 is 0. The van der Waals surface area contributed by atoms with Gasteiger partial charge in [-0.15, -0.1) is 0 Å². The molecule has 3 aromatic rings. The highest BCUT2D eigenvalue weighted by Crippen LogP contribution is 2.26. The minimum Gasteiger partial charge on any atom is -0.378 e. The highest BCUT2D eigenvalue weighted by Gasteiger charge is 2.16. The predicted molar refractivity (Wildman–Crippen MR) is 115 cm³/mol. The van der Waals surface area contributed by atoms with E-state index in [1.165, 1.54) is 0 Å². The van der Waals surface area contributed by atoms with E-state index in [0.717, 1.165) is 54.8 Å². The number of hydrogen-bond acceptors (Lipinski definition) is 6. The molecule has 0 spiro atoms. The van der Waals surface area contributed by atoms with E-state index in [9.17, 15) is 0 Å². The third-order valence-corrected chi connectivity index (χ3v) is 4.76. The lowest BCUT2D eigenvalue weighted by atomic mass is 10.1. The third kappa shape index (κ3) is 4.23. The molecule has 1 N–H and O–H groups in total. The van der Waals surface area contributed by atoms with Crippen molar-refractivity contribution in [3.05, 3.63) is 60.7 Å². The predicted octanol–water partition coefficient (Wildman–Crippen LogP) is 3.79. The summed E-state index contributed by atoms with van der Waals surface area (Å²) in [4.78, 5) is 13.9. The summed E-state index contributed by atoms with van der Waals surface area (Å²) in [5.74, 6) is 1.52. The first-order valence-corrected chi connectivity index (χ1v) is 9.51. The van der Waals surface area contributed by atoms with Crippen LogP contribution in [0.3, 0.4) is 0 Å². The van der Waals surface area contributed by atoms with Gasteiger partial charge in [-0.1, -0.05) is 30.3 Å². The molecule has 0 saturated carbocycles. The number of rotatable bonds is 5. The topological polar surface area (TPSA) is 53.5 Å². The van der Waals surface area contributed by atoms with Crippen LogP contribution in [0.25, 0.3) is 11.3 Å². The lowest BCUT2D eigenvalue weighted by Gasteiger charge is -2.28. The maximum Gasteiger partial charge on any atom is 0.229 e. The third-order valence-electron chi connectivity index (χ3n) is 4.76. The van der Waals surface area contributed by atoms with E-state index in [-0.39, 0.29) is 0 Å². The Morgan fingerprint density at radius 1 is 0.929 bits per heavy atom. The fourth-order valence-corrected chi connectivity index (χ4v) is 3.17. The van der Waals surface area contributed by atoms with Crippen molar-refractivity contribution in [3.63, 3.8) is 0 Å². The fraction of sp³-hybridized carbons (Fsp3) is 0.273. The first-order chi connectivity index (χ1) is 13.7. The Kier molecular flexibility index (Phi) is 5.39. The van der Waals surface area contributed by atoms with Crippen molar-refractivity contribution >= 4 is 23.1 Å². The zero-order valence-corrected chi connectivity index (χ0v) is 16.3. The van der Waals surface area contributed by atoms with Gasteiger partial charge in [-0.25, -0.2) is 4.98 Å². The van der Waals surface area contributed by atoms with Crippen molar-refractivity contribution in [2.75, 3.05) is 55.5 Å². The van der Waals surface area contributed by atoms with Gasteiger partial charge in [-0.05, 0) is 24.3 Å². The Labute approximate surface area is 165 Å². The van der Waals surface area contributed by atoms with Crippen LogP contribution in [0.5, 0.6) is 0 Å². The van der Waals surface area contributed by atoms with Gasteiger partial charge >= 0.3 is 0 Å². The van der Waals surface area contributed by atoms with Crippen LogP contribution in [0.15, 0.2) is 60.7 Å². The average molecular weight is 375 g/mol. The van der Waals surface area contributed by atoms with Crippen LogP contribution < -0.4 is 15.1 Å². The van der Waals surface area contributed by atoms with E-state index in [1.54, 1.807) is 0 Å². The summed E-state index contributed by atoms with van der Waals surface area (Å²) in [5.41, 5.74) is 4.09.